The van der Waals surface area contributed by atoms with Crippen LogP contribution in [0.15, 0.2) is 20.1 Å². The molecule has 0 spiro atoms. The summed E-state index contributed by atoms with van der Waals surface area (Å²) in [6, 6.07) is 0. The van der Waals surface area contributed by atoms with Crippen molar-refractivity contribution in [2.24, 2.45) is 0 Å². The summed E-state index contributed by atoms with van der Waals surface area (Å²) in [6.07, 6.45) is -0.973. The highest BCUT2D eigenvalue weighted by atomic mass is 35.5. The van der Waals surface area contributed by atoms with Gasteiger partial charge in [0.25, 0.3) is 0 Å². The van der Waals surface area contributed by atoms with E-state index in [1.807, 2.05) is 0 Å². The first-order chi connectivity index (χ1) is 5.83. The van der Waals surface area contributed by atoms with Crippen LogP contribution in [-0.4, -0.2) is 16.1 Å². The first-order valence-corrected chi connectivity index (χ1v) is 5.21. The van der Waals surface area contributed by atoms with Crippen molar-refractivity contribution in [2.45, 2.75) is 17.9 Å². The topological polar surface area (TPSA) is 20.2 Å². The fourth-order valence-electron chi connectivity index (χ4n) is 0.975. The lowest BCUT2D eigenvalue weighted by Gasteiger charge is -2.25. The van der Waals surface area contributed by atoms with E-state index < -0.39 is 11.0 Å². The predicted molar refractivity (Wildman–Crippen MR) is 57.7 cm³/mol. The van der Waals surface area contributed by atoms with Crippen molar-refractivity contribution in [3.05, 3.63) is 20.1 Å². The maximum atomic E-state index is 9.40. The number of aliphatic hydroxyl groups excluding tert-OH is 1. The third-order valence-electron chi connectivity index (χ3n) is 1.79. The zero-order chi connectivity index (χ0) is 10.4. The standard InChI is InChI=1S/C7H5Cl5O/c1-2(13)7(12)5(10)3(8)4(9)6(7)11/h2,13H,1H3. The summed E-state index contributed by atoms with van der Waals surface area (Å²) in [6.45, 7) is 1.46. The number of hydrogen-bond acceptors (Lipinski definition) is 1. The fraction of sp³-hybridized carbons (Fsp3) is 0.429. The van der Waals surface area contributed by atoms with Gasteiger partial charge in [0.1, 0.15) is 4.87 Å². The molecule has 0 aliphatic heterocycles. The first kappa shape index (κ1) is 12.0. The highest BCUT2D eigenvalue weighted by Gasteiger charge is 2.47. The number of hydrogen-bond donors (Lipinski definition) is 1. The lowest BCUT2D eigenvalue weighted by Crippen LogP contribution is -2.34. The minimum absolute atomic E-state index is 0.0563. The Balaban J connectivity index is 3.31. The maximum Gasteiger partial charge on any atom is 0.144 e. The first-order valence-electron chi connectivity index (χ1n) is 3.32. The Morgan fingerprint density at radius 2 is 1.38 bits per heavy atom. The highest BCUT2D eigenvalue weighted by molar-refractivity contribution is 6.58. The highest BCUT2D eigenvalue weighted by Crippen LogP contribution is 2.53. The normalized spacial score (nSPS) is 24.2. The monoisotopic (exact) mass is 280 g/mol. The molecule has 0 bridgehead atoms. The molecule has 74 valence electrons. The van der Waals surface area contributed by atoms with Crippen molar-refractivity contribution < 1.29 is 5.11 Å². The van der Waals surface area contributed by atoms with E-state index in [1.54, 1.807) is 0 Å². The second kappa shape index (κ2) is 3.80. The van der Waals surface area contributed by atoms with Gasteiger partial charge in [-0.25, -0.2) is 0 Å². The molecule has 0 amide bonds. The Kier molecular flexibility index (Phi) is 3.50. The minimum atomic E-state index is -1.39. The van der Waals surface area contributed by atoms with Crippen molar-refractivity contribution in [3.8, 4) is 0 Å². The molecule has 1 aliphatic carbocycles. The van der Waals surface area contributed by atoms with Crippen molar-refractivity contribution in [3.63, 3.8) is 0 Å². The van der Waals surface area contributed by atoms with Gasteiger partial charge in [0, 0.05) is 0 Å². The number of rotatable bonds is 1. The largest absolute Gasteiger partial charge is 0.391 e. The summed E-state index contributed by atoms with van der Waals surface area (Å²) in [5, 5.41) is 9.69. The van der Waals surface area contributed by atoms with E-state index in [9.17, 15) is 5.11 Å². The van der Waals surface area contributed by atoms with Crippen molar-refractivity contribution in [1.29, 1.82) is 0 Å². The van der Waals surface area contributed by atoms with E-state index in [0.717, 1.165) is 0 Å². The molecule has 0 aromatic heterocycles. The van der Waals surface area contributed by atoms with Crippen LogP contribution in [0.4, 0.5) is 0 Å². The second-order valence-corrected chi connectivity index (χ2v) is 4.75. The molecule has 0 saturated carbocycles. The van der Waals surface area contributed by atoms with Gasteiger partial charge in [0.15, 0.2) is 0 Å². The molecule has 0 heterocycles. The van der Waals surface area contributed by atoms with Gasteiger partial charge in [0.05, 0.1) is 26.2 Å². The Labute approximate surface area is 101 Å². The average Bonchev–Trinajstić information content (AvgIpc) is 2.22. The van der Waals surface area contributed by atoms with Crippen LogP contribution in [0, 0.1) is 0 Å². The molecule has 13 heavy (non-hydrogen) atoms. The van der Waals surface area contributed by atoms with Gasteiger partial charge < -0.3 is 5.11 Å². The lowest BCUT2D eigenvalue weighted by atomic mass is 10.1. The third kappa shape index (κ3) is 1.60. The Morgan fingerprint density at radius 1 is 1.08 bits per heavy atom. The number of alkyl halides is 1. The minimum Gasteiger partial charge on any atom is -0.391 e. The van der Waals surface area contributed by atoms with Gasteiger partial charge in [0.2, 0.25) is 0 Å². The van der Waals surface area contributed by atoms with Crippen LogP contribution in [0.3, 0.4) is 0 Å². The molecule has 0 aromatic rings. The zero-order valence-corrected chi connectivity index (χ0v) is 10.2. The van der Waals surface area contributed by atoms with Crippen LogP contribution < -0.4 is 0 Å². The predicted octanol–water partition coefficient (Wildman–Crippen LogP) is 3.74. The maximum absolute atomic E-state index is 9.40. The third-order valence-corrected chi connectivity index (χ3v) is 4.70. The smallest absolute Gasteiger partial charge is 0.144 e. The van der Waals surface area contributed by atoms with Crippen LogP contribution in [0.25, 0.3) is 0 Å². The fourth-order valence-corrected chi connectivity index (χ4v) is 2.59. The average molecular weight is 282 g/mol. The van der Waals surface area contributed by atoms with Crippen LogP contribution in [0.5, 0.6) is 0 Å². The Morgan fingerprint density at radius 3 is 1.54 bits per heavy atom. The Bertz CT molecular complexity index is 280. The van der Waals surface area contributed by atoms with Crippen molar-refractivity contribution in [2.75, 3.05) is 0 Å². The lowest BCUT2D eigenvalue weighted by molar-refractivity contribution is 0.177. The number of allylic oxidation sites excluding steroid dienone is 2. The molecule has 0 aromatic carbocycles. The molecule has 1 unspecified atom stereocenters. The quantitative estimate of drug-likeness (QED) is 0.726. The molecule has 1 N–H and O–H groups in total. The van der Waals surface area contributed by atoms with E-state index in [0.29, 0.717) is 0 Å². The second-order valence-electron chi connectivity index (χ2n) is 2.64. The summed E-state index contributed by atoms with van der Waals surface area (Å²) in [5.41, 5.74) is 0. The van der Waals surface area contributed by atoms with Gasteiger partial charge >= 0.3 is 0 Å². The molecule has 1 rings (SSSR count). The summed E-state index contributed by atoms with van der Waals surface area (Å²) in [5.74, 6) is 0. The van der Waals surface area contributed by atoms with Gasteiger partial charge in [-0.2, -0.15) is 0 Å². The molecular weight excluding hydrogens is 277 g/mol. The number of halogens is 5. The SMILES string of the molecule is CC(O)C1(Cl)C(Cl)=C(Cl)C(Cl)=C1Cl. The van der Waals surface area contributed by atoms with Crippen molar-refractivity contribution in [1.82, 2.24) is 0 Å². The van der Waals surface area contributed by atoms with E-state index in [-0.39, 0.29) is 20.1 Å². The molecule has 0 radical (unpaired) electrons. The Hall–Kier alpha value is 0.890. The van der Waals surface area contributed by atoms with Crippen LogP contribution in [-0.2, 0) is 0 Å². The summed E-state index contributed by atoms with van der Waals surface area (Å²) in [4.78, 5) is -1.39. The van der Waals surface area contributed by atoms with E-state index >= 15 is 0 Å². The van der Waals surface area contributed by atoms with E-state index in [2.05, 4.69) is 0 Å². The number of aliphatic hydroxyl groups is 1. The van der Waals surface area contributed by atoms with Gasteiger partial charge in [-0.3, -0.25) is 0 Å². The molecular formula is C7H5Cl5O. The molecule has 1 atom stereocenters. The van der Waals surface area contributed by atoms with Gasteiger partial charge in [-0.15, -0.1) is 11.6 Å². The summed E-state index contributed by atoms with van der Waals surface area (Å²) < 4.78 is 0. The van der Waals surface area contributed by atoms with Gasteiger partial charge in [-0.05, 0) is 6.92 Å². The van der Waals surface area contributed by atoms with E-state index in [1.165, 1.54) is 6.92 Å². The van der Waals surface area contributed by atoms with Gasteiger partial charge in [-0.1, -0.05) is 46.4 Å². The molecule has 0 fully saturated rings. The van der Waals surface area contributed by atoms with Crippen LogP contribution in [0.1, 0.15) is 6.92 Å². The van der Waals surface area contributed by atoms with E-state index in [4.69, 9.17) is 58.0 Å². The molecule has 1 nitrogen and oxygen atoms in total. The molecule has 1 aliphatic rings. The van der Waals surface area contributed by atoms with Crippen LogP contribution >= 0.6 is 58.0 Å². The van der Waals surface area contributed by atoms with Crippen LogP contribution in [0.2, 0.25) is 0 Å². The molecule has 6 heteroatoms. The zero-order valence-electron chi connectivity index (χ0n) is 6.41. The summed E-state index contributed by atoms with van der Waals surface area (Å²) >= 11 is 29.0. The molecule has 0 saturated heterocycles. The van der Waals surface area contributed by atoms with Crippen molar-refractivity contribution >= 4 is 58.0 Å². The summed E-state index contributed by atoms with van der Waals surface area (Å²) in [7, 11) is 0.